The van der Waals surface area contributed by atoms with Crippen LogP contribution in [0.5, 0.6) is 0 Å². The summed E-state index contributed by atoms with van der Waals surface area (Å²) >= 11 is 0. The summed E-state index contributed by atoms with van der Waals surface area (Å²) in [6.07, 6.45) is 6.32. The van der Waals surface area contributed by atoms with Crippen LogP contribution in [0.4, 0.5) is 0 Å². The molecule has 0 aliphatic carbocycles. The van der Waals surface area contributed by atoms with Crippen molar-refractivity contribution in [1.82, 2.24) is 24.8 Å². The molecule has 0 N–H and O–H groups in total. The maximum absolute atomic E-state index is 13.0. The largest absolute Gasteiger partial charge is 0.333 e. The van der Waals surface area contributed by atoms with E-state index in [0.717, 1.165) is 31.6 Å². The van der Waals surface area contributed by atoms with Gasteiger partial charge in [-0.15, -0.1) is 5.10 Å². The molecular formula is C19H25N5O. The molecular weight excluding hydrogens is 314 g/mol. The maximum atomic E-state index is 13.0. The Morgan fingerprint density at radius 3 is 2.52 bits per heavy atom. The Hall–Kier alpha value is -2.21. The molecule has 0 saturated carbocycles. The van der Waals surface area contributed by atoms with Gasteiger partial charge in [-0.25, -0.2) is 4.68 Å². The lowest BCUT2D eigenvalue weighted by molar-refractivity contribution is 0.0658. The molecule has 0 spiro atoms. The third-order valence-corrected chi connectivity index (χ3v) is 5.59. The SMILES string of the molecule is Cc1ccc(-n2cc(C(=O)N3CCCC3C3CCCN3C)nn2)cc1. The lowest BCUT2D eigenvalue weighted by Gasteiger charge is -2.32. The number of likely N-dealkylation sites (N-methyl/N-ethyl adjacent to an activating group) is 1. The Kier molecular flexibility index (Phi) is 4.29. The molecule has 2 atom stereocenters. The summed E-state index contributed by atoms with van der Waals surface area (Å²) in [5, 5.41) is 8.30. The Bertz CT molecular complexity index is 753. The lowest BCUT2D eigenvalue weighted by atomic mass is 10.0. The molecule has 25 heavy (non-hydrogen) atoms. The number of benzene rings is 1. The average molecular weight is 339 g/mol. The van der Waals surface area contributed by atoms with E-state index in [9.17, 15) is 4.79 Å². The molecule has 3 heterocycles. The second-order valence-corrected chi connectivity index (χ2v) is 7.28. The Morgan fingerprint density at radius 2 is 1.80 bits per heavy atom. The van der Waals surface area contributed by atoms with Crippen molar-refractivity contribution in [3.8, 4) is 5.69 Å². The van der Waals surface area contributed by atoms with E-state index in [1.165, 1.54) is 18.4 Å². The fourth-order valence-corrected chi connectivity index (χ4v) is 4.20. The van der Waals surface area contributed by atoms with Crippen molar-refractivity contribution < 1.29 is 4.79 Å². The van der Waals surface area contributed by atoms with Crippen molar-refractivity contribution in [2.24, 2.45) is 0 Å². The molecule has 2 aliphatic rings. The summed E-state index contributed by atoms with van der Waals surface area (Å²) < 4.78 is 1.68. The van der Waals surface area contributed by atoms with Gasteiger partial charge in [0.2, 0.25) is 0 Å². The van der Waals surface area contributed by atoms with Crippen molar-refractivity contribution in [3.63, 3.8) is 0 Å². The maximum Gasteiger partial charge on any atom is 0.276 e. The van der Waals surface area contributed by atoms with Gasteiger partial charge in [0.15, 0.2) is 5.69 Å². The number of likely N-dealkylation sites (tertiary alicyclic amines) is 2. The van der Waals surface area contributed by atoms with Gasteiger partial charge in [-0.2, -0.15) is 0 Å². The first-order valence-corrected chi connectivity index (χ1v) is 9.14. The number of aryl methyl sites for hydroxylation is 1. The zero-order valence-electron chi connectivity index (χ0n) is 14.9. The fraction of sp³-hybridized carbons (Fsp3) is 0.526. The number of carbonyl (C=O) groups excluding carboxylic acids is 1. The van der Waals surface area contributed by atoms with E-state index in [1.54, 1.807) is 10.9 Å². The van der Waals surface area contributed by atoms with Crippen molar-refractivity contribution in [2.45, 2.75) is 44.7 Å². The third kappa shape index (κ3) is 3.06. The standard InChI is InChI=1S/C19H25N5O/c1-14-7-9-15(10-8-14)24-13-16(20-21-24)19(25)23-12-4-6-18(23)17-5-3-11-22(17)2/h7-10,13,17-18H,3-6,11-12H2,1-2H3. The van der Waals surface area contributed by atoms with Gasteiger partial charge in [-0.05, 0) is 58.3 Å². The van der Waals surface area contributed by atoms with Gasteiger partial charge in [-0.1, -0.05) is 22.9 Å². The highest BCUT2D eigenvalue weighted by Gasteiger charge is 2.39. The molecule has 0 radical (unpaired) electrons. The van der Waals surface area contributed by atoms with E-state index < -0.39 is 0 Å². The first-order valence-electron chi connectivity index (χ1n) is 9.14. The number of hydrogen-bond acceptors (Lipinski definition) is 4. The molecule has 1 aromatic carbocycles. The summed E-state index contributed by atoms with van der Waals surface area (Å²) in [5.74, 6) is 0.0150. The molecule has 6 heteroatoms. The van der Waals surface area contributed by atoms with E-state index in [-0.39, 0.29) is 5.91 Å². The van der Waals surface area contributed by atoms with Crippen LogP contribution in [-0.4, -0.2) is 62.9 Å². The predicted octanol–water partition coefficient (Wildman–Crippen LogP) is 2.27. The summed E-state index contributed by atoms with van der Waals surface area (Å²) in [7, 11) is 2.17. The van der Waals surface area contributed by atoms with Gasteiger partial charge in [0.25, 0.3) is 5.91 Å². The molecule has 4 rings (SSSR count). The average Bonchev–Trinajstić information content (AvgIpc) is 3.35. The molecule has 2 unspecified atom stereocenters. The minimum atomic E-state index is 0.0150. The zero-order valence-corrected chi connectivity index (χ0v) is 14.9. The van der Waals surface area contributed by atoms with Crippen LogP contribution in [0, 0.1) is 6.92 Å². The van der Waals surface area contributed by atoms with Crippen LogP contribution in [0.15, 0.2) is 30.5 Å². The van der Waals surface area contributed by atoms with Gasteiger partial charge in [-0.3, -0.25) is 4.79 Å². The number of rotatable bonds is 3. The van der Waals surface area contributed by atoms with Crippen molar-refractivity contribution in [1.29, 1.82) is 0 Å². The molecule has 1 amide bonds. The highest BCUT2D eigenvalue weighted by atomic mass is 16.2. The first kappa shape index (κ1) is 16.3. The molecule has 2 fully saturated rings. The van der Waals surface area contributed by atoms with Crippen LogP contribution in [0.25, 0.3) is 5.69 Å². The number of carbonyl (C=O) groups is 1. The number of aromatic nitrogens is 3. The predicted molar refractivity (Wildman–Crippen MR) is 95.8 cm³/mol. The summed E-state index contributed by atoms with van der Waals surface area (Å²) in [6, 6.07) is 8.84. The first-order chi connectivity index (χ1) is 12.1. The highest BCUT2D eigenvalue weighted by molar-refractivity contribution is 5.92. The number of amides is 1. The van der Waals surface area contributed by atoms with Crippen LogP contribution in [-0.2, 0) is 0 Å². The monoisotopic (exact) mass is 339 g/mol. The molecule has 132 valence electrons. The molecule has 2 saturated heterocycles. The minimum Gasteiger partial charge on any atom is -0.333 e. The second kappa shape index (κ2) is 6.59. The smallest absolute Gasteiger partial charge is 0.276 e. The minimum absolute atomic E-state index is 0.0150. The van der Waals surface area contributed by atoms with E-state index >= 15 is 0 Å². The van der Waals surface area contributed by atoms with Gasteiger partial charge in [0.1, 0.15) is 0 Å². The second-order valence-electron chi connectivity index (χ2n) is 7.28. The van der Waals surface area contributed by atoms with Gasteiger partial charge in [0, 0.05) is 18.6 Å². The molecule has 1 aromatic heterocycles. The van der Waals surface area contributed by atoms with E-state index in [0.29, 0.717) is 17.8 Å². The van der Waals surface area contributed by atoms with E-state index in [4.69, 9.17) is 0 Å². The quantitative estimate of drug-likeness (QED) is 0.861. The highest BCUT2D eigenvalue weighted by Crippen LogP contribution is 2.29. The topological polar surface area (TPSA) is 54.3 Å². The normalized spacial score (nSPS) is 24.2. The third-order valence-electron chi connectivity index (χ3n) is 5.59. The van der Waals surface area contributed by atoms with Crippen molar-refractivity contribution >= 4 is 5.91 Å². The van der Waals surface area contributed by atoms with E-state index in [1.807, 2.05) is 36.1 Å². The van der Waals surface area contributed by atoms with Crippen LogP contribution in [0.2, 0.25) is 0 Å². The van der Waals surface area contributed by atoms with Gasteiger partial charge < -0.3 is 9.80 Å². The fourth-order valence-electron chi connectivity index (χ4n) is 4.20. The van der Waals surface area contributed by atoms with Crippen LogP contribution in [0.1, 0.15) is 41.7 Å². The lowest BCUT2D eigenvalue weighted by Crippen LogP contribution is -2.47. The van der Waals surface area contributed by atoms with Gasteiger partial charge >= 0.3 is 0 Å². The Balaban J connectivity index is 1.53. The molecule has 2 aromatic rings. The Labute approximate surface area is 148 Å². The summed E-state index contributed by atoms with van der Waals surface area (Å²) in [4.78, 5) is 17.4. The number of nitrogens with zero attached hydrogens (tertiary/aromatic N) is 5. The van der Waals surface area contributed by atoms with E-state index in [2.05, 4.69) is 22.3 Å². The van der Waals surface area contributed by atoms with Gasteiger partial charge in [0.05, 0.1) is 11.9 Å². The summed E-state index contributed by atoms with van der Waals surface area (Å²) in [6.45, 7) is 4.01. The summed E-state index contributed by atoms with van der Waals surface area (Å²) in [5.41, 5.74) is 2.56. The van der Waals surface area contributed by atoms with Crippen LogP contribution in [0.3, 0.4) is 0 Å². The molecule has 2 aliphatic heterocycles. The number of hydrogen-bond donors (Lipinski definition) is 0. The van der Waals surface area contributed by atoms with Crippen molar-refractivity contribution in [2.75, 3.05) is 20.1 Å². The molecule has 0 bridgehead atoms. The molecule has 6 nitrogen and oxygen atoms in total. The van der Waals surface area contributed by atoms with Crippen LogP contribution >= 0.6 is 0 Å². The van der Waals surface area contributed by atoms with Crippen molar-refractivity contribution in [3.05, 3.63) is 41.7 Å². The zero-order chi connectivity index (χ0) is 17.4. The Morgan fingerprint density at radius 1 is 1.08 bits per heavy atom. The van der Waals surface area contributed by atoms with Crippen LogP contribution < -0.4 is 0 Å².